The molecule has 1 fully saturated rings. The fraction of sp³-hybridized carbons (Fsp3) is 0.933. The number of amides is 1. The summed E-state index contributed by atoms with van der Waals surface area (Å²) in [6.07, 6.45) is 4.64. The third-order valence-electron chi connectivity index (χ3n) is 3.46. The maximum atomic E-state index is 11.6. The molecule has 5 nitrogen and oxygen atoms in total. The molecule has 5 heteroatoms. The number of nitrogens with one attached hydrogen (secondary N) is 2. The van der Waals surface area contributed by atoms with Gasteiger partial charge in [0.05, 0.1) is 6.10 Å². The van der Waals surface area contributed by atoms with Gasteiger partial charge < -0.3 is 20.1 Å². The minimum absolute atomic E-state index is 0.197. The fourth-order valence-electron chi connectivity index (χ4n) is 2.54. The van der Waals surface area contributed by atoms with Crippen molar-refractivity contribution in [2.24, 2.45) is 0 Å². The van der Waals surface area contributed by atoms with Gasteiger partial charge >= 0.3 is 6.09 Å². The average Bonchev–Trinajstić information content (AvgIpc) is 2.35. The Morgan fingerprint density at radius 1 is 1.30 bits per heavy atom. The zero-order valence-corrected chi connectivity index (χ0v) is 13.5. The van der Waals surface area contributed by atoms with Crippen molar-refractivity contribution in [1.82, 2.24) is 10.6 Å². The van der Waals surface area contributed by atoms with E-state index in [-0.39, 0.29) is 18.2 Å². The van der Waals surface area contributed by atoms with Crippen molar-refractivity contribution >= 4 is 6.09 Å². The second-order valence-corrected chi connectivity index (χ2v) is 6.62. The molecule has 1 aliphatic rings. The molecular weight excluding hydrogens is 256 g/mol. The molecule has 118 valence electrons. The van der Waals surface area contributed by atoms with Gasteiger partial charge in [0.25, 0.3) is 0 Å². The zero-order valence-electron chi connectivity index (χ0n) is 13.5. The van der Waals surface area contributed by atoms with Gasteiger partial charge in [-0.2, -0.15) is 0 Å². The van der Waals surface area contributed by atoms with E-state index >= 15 is 0 Å². The molecule has 0 radical (unpaired) electrons. The number of carbonyl (C=O) groups excluding carboxylic acids is 1. The summed E-state index contributed by atoms with van der Waals surface area (Å²) in [6, 6.07) is 0.576. The van der Waals surface area contributed by atoms with E-state index in [1.165, 1.54) is 12.8 Å². The molecular formula is C15H30N2O3. The quantitative estimate of drug-likeness (QED) is 0.815. The number of rotatable bonds is 5. The highest BCUT2D eigenvalue weighted by atomic mass is 16.6. The van der Waals surface area contributed by atoms with Crippen LogP contribution in [0.15, 0.2) is 0 Å². The summed E-state index contributed by atoms with van der Waals surface area (Å²) in [5.74, 6) is 0. The van der Waals surface area contributed by atoms with Gasteiger partial charge in [-0.05, 0) is 40.5 Å². The van der Waals surface area contributed by atoms with Gasteiger partial charge in [-0.25, -0.2) is 4.79 Å². The monoisotopic (exact) mass is 286 g/mol. The van der Waals surface area contributed by atoms with E-state index in [1.807, 2.05) is 20.8 Å². The molecule has 0 spiro atoms. The summed E-state index contributed by atoms with van der Waals surface area (Å²) >= 11 is 0. The van der Waals surface area contributed by atoms with Gasteiger partial charge in [0.15, 0.2) is 0 Å². The van der Waals surface area contributed by atoms with Crippen LogP contribution in [0.1, 0.15) is 53.4 Å². The van der Waals surface area contributed by atoms with Crippen LogP contribution >= 0.6 is 0 Å². The highest BCUT2D eigenvalue weighted by molar-refractivity contribution is 5.67. The third-order valence-corrected chi connectivity index (χ3v) is 3.46. The first kappa shape index (κ1) is 17.2. The number of alkyl carbamates (subject to hydrolysis) is 1. The summed E-state index contributed by atoms with van der Waals surface area (Å²) in [7, 11) is 1.77. The smallest absolute Gasteiger partial charge is 0.407 e. The van der Waals surface area contributed by atoms with E-state index in [1.54, 1.807) is 7.11 Å². The van der Waals surface area contributed by atoms with Crippen LogP contribution in [0.25, 0.3) is 0 Å². The van der Waals surface area contributed by atoms with E-state index in [9.17, 15) is 4.79 Å². The highest BCUT2D eigenvalue weighted by Crippen LogP contribution is 2.21. The topological polar surface area (TPSA) is 59.6 Å². The van der Waals surface area contributed by atoms with Crippen LogP contribution < -0.4 is 10.6 Å². The van der Waals surface area contributed by atoms with Crippen LogP contribution in [-0.2, 0) is 9.47 Å². The van der Waals surface area contributed by atoms with E-state index in [2.05, 4.69) is 17.6 Å². The summed E-state index contributed by atoms with van der Waals surface area (Å²) < 4.78 is 10.7. The number of carbonyl (C=O) groups is 1. The molecule has 0 aromatic rings. The standard InChI is InChI=1S/C15H30N2O3/c1-11(10-16-14(18)20-15(2,3)4)17-12-8-6-7-9-13(12)19-5/h11-13,17H,6-10H2,1-5H3,(H,16,18). The molecule has 20 heavy (non-hydrogen) atoms. The Morgan fingerprint density at radius 2 is 1.95 bits per heavy atom. The zero-order chi connectivity index (χ0) is 15.2. The van der Waals surface area contributed by atoms with Crippen LogP contribution in [0.2, 0.25) is 0 Å². The van der Waals surface area contributed by atoms with E-state index in [4.69, 9.17) is 9.47 Å². The van der Waals surface area contributed by atoms with Crippen LogP contribution in [-0.4, -0.2) is 43.5 Å². The van der Waals surface area contributed by atoms with Crippen molar-refractivity contribution in [2.45, 2.75) is 77.2 Å². The minimum atomic E-state index is -0.453. The number of hydrogen-bond donors (Lipinski definition) is 2. The lowest BCUT2D eigenvalue weighted by atomic mass is 9.92. The van der Waals surface area contributed by atoms with Gasteiger partial charge in [0.1, 0.15) is 5.60 Å². The molecule has 0 saturated heterocycles. The highest BCUT2D eigenvalue weighted by Gasteiger charge is 2.26. The lowest BCUT2D eigenvalue weighted by Crippen LogP contribution is -2.50. The van der Waals surface area contributed by atoms with E-state index in [0.717, 1.165) is 12.8 Å². The third kappa shape index (κ3) is 6.57. The summed E-state index contributed by atoms with van der Waals surface area (Å²) in [5.41, 5.74) is -0.453. The SMILES string of the molecule is COC1CCCCC1NC(C)CNC(=O)OC(C)(C)C. The molecule has 0 heterocycles. The average molecular weight is 286 g/mol. The molecule has 1 saturated carbocycles. The summed E-state index contributed by atoms with van der Waals surface area (Å²) in [6.45, 7) is 8.21. The van der Waals surface area contributed by atoms with Crippen LogP contribution in [0.3, 0.4) is 0 Å². The Hall–Kier alpha value is -0.810. The number of ether oxygens (including phenoxy) is 2. The van der Waals surface area contributed by atoms with Gasteiger partial charge in [-0.15, -0.1) is 0 Å². The number of hydrogen-bond acceptors (Lipinski definition) is 4. The largest absolute Gasteiger partial charge is 0.444 e. The predicted molar refractivity (Wildman–Crippen MR) is 79.9 cm³/mol. The number of methoxy groups -OCH3 is 1. The van der Waals surface area contributed by atoms with Crippen molar-refractivity contribution in [3.63, 3.8) is 0 Å². The second-order valence-electron chi connectivity index (χ2n) is 6.62. The van der Waals surface area contributed by atoms with Gasteiger partial charge in [0.2, 0.25) is 0 Å². The summed E-state index contributed by atoms with van der Waals surface area (Å²) in [4.78, 5) is 11.6. The Kier molecular flexibility index (Phi) is 6.76. The Balaban J connectivity index is 2.28. The van der Waals surface area contributed by atoms with Gasteiger partial charge in [-0.1, -0.05) is 12.8 Å². The molecule has 2 N–H and O–H groups in total. The fourth-order valence-corrected chi connectivity index (χ4v) is 2.54. The second kappa shape index (κ2) is 7.84. The lowest BCUT2D eigenvalue weighted by molar-refractivity contribution is 0.0372. The normalized spacial score (nSPS) is 25.1. The molecule has 0 bridgehead atoms. The molecule has 3 unspecified atom stereocenters. The van der Waals surface area contributed by atoms with Gasteiger partial charge in [-0.3, -0.25) is 0 Å². The molecule has 0 aliphatic heterocycles. The van der Waals surface area contributed by atoms with Crippen molar-refractivity contribution in [3.8, 4) is 0 Å². The Bertz CT molecular complexity index is 302. The van der Waals surface area contributed by atoms with Crippen molar-refractivity contribution in [2.75, 3.05) is 13.7 Å². The Labute approximate surface area is 122 Å². The van der Waals surface area contributed by atoms with Crippen molar-refractivity contribution in [1.29, 1.82) is 0 Å². The summed E-state index contributed by atoms with van der Waals surface area (Å²) in [5, 5.41) is 6.34. The van der Waals surface area contributed by atoms with Crippen molar-refractivity contribution < 1.29 is 14.3 Å². The van der Waals surface area contributed by atoms with Crippen LogP contribution in [0.4, 0.5) is 4.79 Å². The first-order chi connectivity index (χ1) is 9.31. The first-order valence-electron chi connectivity index (χ1n) is 7.57. The van der Waals surface area contributed by atoms with Crippen LogP contribution in [0, 0.1) is 0 Å². The van der Waals surface area contributed by atoms with E-state index < -0.39 is 5.60 Å². The minimum Gasteiger partial charge on any atom is -0.444 e. The maximum absolute atomic E-state index is 11.6. The molecule has 3 atom stereocenters. The van der Waals surface area contributed by atoms with Crippen LogP contribution in [0.5, 0.6) is 0 Å². The molecule has 0 aromatic carbocycles. The lowest BCUT2D eigenvalue weighted by Gasteiger charge is -2.33. The van der Waals surface area contributed by atoms with Crippen molar-refractivity contribution in [3.05, 3.63) is 0 Å². The van der Waals surface area contributed by atoms with Gasteiger partial charge in [0, 0.05) is 25.7 Å². The molecule has 0 aromatic heterocycles. The van der Waals surface area contributed by atoms with E-state index in [0.29, 0.717) is 12.6 Å². The Morgan fingerprint density at radius 3 is 2.55 bits per heavy atom. The molecule has 1 aliphatic carbocycles. The maximum Gasteiger partial charge on any atom is 0.407 e. The predicted octanol–water partition coefficient (Wildman–Crippen LogP) is 2.45. The molecule has 1 amide bonds. The molecule has 1 rings (SSSR count). The first-order valence-corrected chi connectivity index (χ1v) is 7.57.